The second-order valence-electron chi connectivity index (χ2n) is 7.35. The average Bonchev–Trinajstić information content (AvgIpc) is 2.91. The number of phenols is 1. The Morgan fingerprint density at radius 2 is 1.67 bits per heavy atom. The third kappa shape index (κ3) is 2.95. The van der Waals surface area contributed by atoms with E-state index in [1.54, 1.807) is 31.5 Å². The fourth-order valence-electron chi connectivity index (χ4n) is 3.82. The van der Waals surface area contributed by atoms with Crippen molar-refractivity contribution in [1.29, 1.82) is 0 Å². The molecule has 4 amide bonds. The Hall–Kier alpha value is -3.56. The van der Waals surface area contributed by atoms with Gasteiger partial charge in [-0.05, 0) is 17.7 Å². The summed E-state index contributed by atoms with van der Waals surface area (Å²) >= 11 is 0. The van der Waals surface area contributed by atoms with Gasteiger partial charge in [0.1, 0.15) is 23.2 Å². The highest BCUT2D eigenvalue weighted by atomic mass is 16.5. The molecule has 1 atom stereocenters. The summed E-state index contributed by atoms with van der Waals surface area (Å²) < 4.78 is 7.37. The molecule has 1 unspecified atom stereocenters. The number of carbonyl (C=O) groups excluding carboxylic acids is 3. The van der Waals surface area contributed by atoms with Gasteiger partial charge in [-0.25, -0.2) is 14.1 Å². The summed E-state index contributed by atoms with van der Waals surface area (Å²) in [6.45, 7) is 3.39. The number of nitrogens with zero attached hydrogens (tertiary/aromatic N) is 4. The minimum absolute atomic E-state index is 0.150. The van der Waals surface area contributed by atoms with E-state index in [-0.39, 0.29) is 17.3 Å². The third-order valence-corrected chi connectivity index (χ3v) is 5.82. The molecule has 1 fully saturated rings. The molecule has 0 spiro atoms. The number of carbonyl (C=O) groups is 3. The van der Waals surface area contributed by atoms with Gasteiger partial charge >= 0.3 is 6.03 Å². The second-order valence-corrected chi connectivity index (χ2v) is 7.35. The van der Waals surface area contributed by atoms with Crippen LogP contribution in [0.25, 0.3) is 0 Å². The molecule has 0 saturated carbocycles. The van der Waals surface area contributed by atoms with Crippen LogP contribution in [-0.4, -0.2) is 58.5 Å². The molecule has 2 heterocycles. The number of methoxy groups -OCH3 is 1. The number of aromatic hydroxyl groups is 1. The van der Waals surface area contributed by atoms with Crippen molar-refractivity contribution in [3.05, 3.63) is 46.2 Å². The normalized spacial score (nSPS) is 16.4. The zero-order chi connectivity index (χ0) is 22.5. The standard InChI is InChI=1S/C20H24N4O6/c1-10-11(2)24(29)17(21(10)3)15(12-7-8-14(30-6)13(25)9-12)16-18(26)22(4)20(28)23(5)19(16)27/h7-9,15-16,25H,1-6H3. The fourth-order valence-corrected chi connectivity index (χ4v) is 3.82. The number of benzene rings is 1. The minimum atomic E-state index is -1.36. The van der Waals surface area contributed by atoms with Crippen LogP contribution in [-0.2, 0) is 16.6 Å². The molecule has 160 valence electrons. The number of ether oxygens (including phenoxy) is 1. The molecular weight excluding hydrogens is 392 g/mol. The van der Waals surface area contributed by atoms with Gasteiger partial charge in [-0.3, -0.25) is 19.4 Å². The van der Waals surface area contributed by atoms with Gasteiger partial charge in [0.2, 0.25) is 11.8 Å². The van der Waals surface area contributed by atoms with E-state index in [4.69, 9.17) is 4.74 Å². The molecular formula is C20H24N4O6. The van der Waals surface area contributed by atoms with Crippen molar-refractivity contribution in [2.75, 3.05) is 21.2 Å². The van der Waals surface area contributed by atoms with Gasteiger partial charge in [0.15, 0.2) is 11.5 Å². The van der Waals surface area contributed by atoms with E-state index >= 15 is 0 Å². The van der Waals surface area contributed by atoms with Crippen LogP contribution in [0.5, 0.6) is 11.5 Å². The zero-order valence-corrected chi connectivity index (χ0v) is 17.7. The first-order chi connectivity index (χ1) is 14.0. The lowest BCUT2D eigenvalue weighted by Gasteiger charge is -2.35. The predicted octanol–water partition coefficient (Wildman–Crippen LogP) is 0.788. The minimum Gasteiger partial charge on any atom is -0.711 e. The molecule has 1 N–H and O–H groups in total. The maximum Gasteiger partial charge on any atom is 0.332 e. The Balaban J connectivity index is 2.30. The highest BCUT2D eigenvalue weighted by Gasteiger charge is 2.51. The maximum atomic E-state index is 13.1. The molecule has 30 heavy (non-hydrogen) atoms. The molecule has 1 aliphatic rings. The van der Waals surface area contributed by atoms with E-state index in [0.717, 1.165) is 9.80 Å². The van der Waals surface area contributed by atoms with Crippen LogP contribution in [0.15, 0.2) is 18.2 Å². The van der Waals surface area contributed by atoms with Crippen LogP contribution in [0, 0.1) is 25.0 Å². The second kappa shape index (κ2) is 7.36. The van der Waals surface area contributed by atoms with Gasteiger partial charge in [-0.15, -0.1) is 0 Å². The van der Waals surface area contributed by atoms with E-state index in [0.29, 0.717) is 21.7 Å². The van der Waals surface area contributed by atoms with Crippen LogP contribution in [0.4, 0.5) is 4.79 Å². The quantitative estimate of drug-likeness (QED) is 0.447. The number of aromatic nitrogens is 2. The molecule has 0 bridgehead atoms. The van der Waals surface area contributed by atoms with Crippen molar-refractivity contribution < 1.29 is 29.0 Å². The molecule has 10 nitrogen and oxygen atoms in total. The number of urea groups is 1. The van der Waals surface area contributed by atoms with Gasteiger partial charge in [0, 0.05) is 27.9 Å². The first-order valence-electron chi connectivity index (χ1n) is 9.24. The van der Waals surface area contributed by atoms with Gasteiger partial charge in [0.05, 0.1) is 14.2 Å². The molecule has 0 aliphatic carbocycles. The van der Waals surface area contributed by atoms with Crippen molar-refractivity contribution in [2.24, 2.45) is 13.0 Å². The van der Waals surface area contributed by atoms with Crippen molar-refractivity contribution in [2.45, 2.75) is 19.8 Å². The summed E-state index contributed by atoms with van der Waals surface area (Å²) in [5, 5.41) is 23.3. The number of barbiturate groups is 1. The van der Waals surface area contributed by atoms with Crippen LogP contribution in [0.3, 0.4) is 0 Å². The van der Waals surface area contributed by atoms with E-state index in [9.17, 15) is 24.7 Å². The van der Waals surface area contributed by atoms with Gasteiger partial charge in [0.25, 0.3) is 5.82 Å². The highest BCUT2D eigenvalue weighted by molar-refractivity contribution is 6.16. The average molecular weight is 416 g/mol. The lowest BCUT2D eigenvalue weighted by Crippen LogP contribution is -2.59. The van der Waals surface area contributed by atoms with Crippen molar-refractivity contribution in [3.63, 3.8) is 0 Å². The molecule has 1 saturated heterocycles. The summed E-state index contributed by atoms with van der Waals surface area (Å²) in [6.07, 6.45) is 0. The Kier molecular flexibility index (Phi) is 5.19. The molecule has 1 aromatic heterocycles. The summed E-state index contributed by atoms with van der Waals surface area (Å²) in [7, 11) is 5.63. The SMILES string of the molecule is COc1ccc(C(c2n(C)c(C)c(C)[n+]2[O-])C2C(=O)N(C)C(=O)N(C)C2=O)cc1O. The number of amides is 4. The van der Waals surface area contributed by atoms with Crippen LogP contribution in [0.1, 0.15) is 28.7 Å². The van der Waals surface area contributed by atoms with E-state index in [1.807, 2.05) is 0 Å². The number of hydrogen-bond acceptors (Lipinski definition) is 6. The molecule has 1 aromatic carbocycles. The number of imide groups is 2. The van der Waals surface area contributed by atoms with E-state index in [1.165, 1.54) is 33.3 Å². The Morgan fingerprint density at radius 3 is 2.10 bits per heavy atom. The predicted molar refractivity (Wildman–Crippen MR) is 105 cm³/mol. The fraction of sp³-hybridized carbons (Fsp3) is 0.400. The summed E-state index contributed by atoms with van der Waals surface area (Å²) in [5.74, 6) is -3.70. The van der Waals surface area contributed by atoms with Crippen LogP contribution in [0.2, 0.25) is 0 Å². The first kappa shape index (κ1) is 21.2. The smallest absolute Gasteiger partial charge is 0.332 e. The molecule has 3 rings (SSSR count). The molecule has 2 aromatic rings. The Morgan fingerprint density at radius 1 is 1.10 bits per heavy atom. The number of phenolic OH excluding ortho intramolecular Hbond substituents is 1. The van der Waals surface area contributed by atoms with Crippen LogP contribution < -0.4 is 9.47 Å². The number of imidazole rings is 1. The lowest BCUT2D eigenvalue weighted by atomic mass is 9.82. The van der Waals surface area contributed by atoms with Crippen LogP contribution >= 0.6 is 0 Å². The van der Waals surface area contributed by atoms with Gasteiger partial charge in [-0.1, -0.05) is 6.07 Å². The van der Waals surface area contributed by atoms with E-state index < -0.39 is 29.7 Å². The first-order valence-corrected chi connectivity index (χ1v) is 9.24. The summed E-state index contributed by atoms with van der Waals surface area (Å²) in [4.78, 5) is 40.0. The van der Waals surface area contributed by atoms with Crippen molar-refractivity contribution in [3.8, 4) is 11.5 Å². The van der Waals surface area contributed by atoms with Gasteiger partial charge in [-0.2, -0.15) is 0 Å². The third-order valence-electron chi connectivity index (χ3n) is 5.82. The van der Waals surface area contributed by atoms with Gasteiger partial charge < -0.3 is 15.1 Å². The zero-order valence-electron chi connectivity index (χ0n) is 17.7. The maximum absolute atomic E-state index is 13.1. The molecule has 1 aliphatic heterocycles. The lowest BCUT2D eigenvalue weighted by molar-refractivity contribution is -0.621. The topological polar surface area (TPSA) is 119 Å². The molecule has 10 heteroatoms. The van der Waals surface area contributed by atoms with Crippen molar-refractivity contribution in [1.82, 2.24) is 14.4 Å². The summed E-state index contributed by atoms with van der Waals surface area (Å²) in [5.41, 5.74) is 1.45. The monoisotopic (exact) mass is 416 g/mol. The Labute approximate surface area is 173 Å². The number of hydrogen-bond donors (Lipinski definition) is 1. The summed E-state index contributed by atoms with van der Waals surface area (Å²) in [6, 6.07) is 3.69. The Bertz CT molecular complexity index is 1010. The number of rotatable bonds is 4. The highest BCUT2D eigenvalue weighted by Crippen LogP contribution is 2.39. The largest absolute Gasteiger partial charge is 0.711 e. The molecule has 0 radical (unpaired) electrons. The van der Waals surface area contributed by atoms with E-state index in [2.05, 4.69) is 0 Å². The van der Waals surface area contributed by atoms with Crippen molar-refractivity contribution >= 4 is 17.8 Å².